The van der Waals surface area contributed by atoms with E-state index >= 15 is 0 Å². The second kappa shape index (κ2) is 13.6. The molecule has 3 unspecified atom stereocenters. The number of nitrogens with zero attached hydrogens (tertiary/aromatic N) is 1. The van der Waals surface area contributed by atoms with Gasteiger partial charge in [-0.05, 0) is 47.4 Å². The van der Waals surface area contributed by atoms with Crippen molar-refractivity contribution in [2.75, 3.05) is 27.1 Å². The molecular weight excluding hydrogens is 567 g/mol. The SMILES string of the molecule is COc1cc(C(=O)N2C(C(=O)NC(Cc3ccccc3)c3ccccc3)CSC2c2ccc(F)cc2)cc(OC)c1OC. The third-order valence-corrected chi connectivity index (χ3v) is 8.73. The van der Waals surface area contributed by atoms with Gasteiger partial charge in [0.1, 0.15) is 17.2 Å². The fraction of sp³-hybridized carbons (Fsp3) is 0.235. The molecule has 0 spiro atoms. The third kappa shape index (κ3) is 6.62. The standard InChI is InChI=1S/C34H33FN2O5S/c1-40-29-19-25(20-30(41-2)31(29)42-3)33(39)37-28(21-43-34(37)24-14-16-26(35)17-15-24)32(38)36-27(23-12-8-5-9-13-23)18-22-10-6-4-7-11-22/h4-17,19-20,27-28,34H,18,21H2,1-3H3,(H,36,38). The lowest BCUT2D eigenvalue weighted by molar-refractivity contribution is -0.125. The highest BCUT2D eigenvalue weighted by molar-refractivity contribution is 7.99. The molecule has 0 aliphatic carbocycles. The van der Waals surface area contributed by atoms with Gasteiger partial charge >= 0.3 is 0 Å². The molecule has 3 atom stereocenters. The first kappa shape index (κ1) is 30.0. The van der Waals surface area contributed by atoms with Crippen LogP contribution in [0.5, 0.6) is 17.2 Å². The number of amides is 2. The van der Waals surface area contributed by atoms with Gasteiger partial charge < -0.3 is 24.4 Å². The van der Waals surface area contributed by atoms with Crippen LogP contribution in [-0.4, -0.2) is 49.8 Å². The van der Waals surface area contributed by atoms with Gasteiger partial charge in [0.15, 0.2) is 11.5 Å². The van der Waals surface area contributed by atoms with E-state index in [0.29, 0.717) is 35.0 Å². The van der Waals surface area contributed by atoms with Crippen LogP contribution in [-0.2, 0) is 11.2 Å². The van der Waals surface area contributed by atoms with Crippen LogP contribution in [0.25, 0.3) is 0 Å². The largest absolute Gasteiger partial charge is 0.493 e. The highest BCUT2D eigenvalue weighted by atomic mass is 32.2. The van der Waals surface area contributed by atoms with E-state index in [9.17, 15) is 14.0 Å². The Kier molecular flexibility index (Phi) is 9.51. The summed E-state index contributed by atoms with van der Waals surface area (Å²) in [5.41, 5.74) is 3.02. The molecular formula is C34H33FN2O5S. The number of carbonyl (C=O) groups excluding carboxylic acids is 2. The zero-order chi connectivity index (χ0) is 30.3. The minimum absolute atomic E-state index is 0.269. The quantitative estimate of drug-likeness (QED) is 0.233. The number of thioether (sulfide) groups is 1. The molecule has 1 aliphatic rings. The Morgan fingerprint density at radius 1 is 0.884 bits per heavy atom. The van der Waals surface area contributed by atoms with Crippen molar-refractivity contribution in [3.05, 3.63) is 125 Å². The number of ether oxygens (including phenoxy) is 3. The zero-order valence-corrected chi connectivity index (χ0v) is 25.0. The van der Waals surface area contributed by atoms with Crippen LogP contribution in [0, 0.1) is 5.82 Å². The number of carbonyl (C=O) groups is 2. The second-order valence-corrected chi connectivity index (χ2v) is 11.2. The van der Waals surface area contributed by atoms with Crippen molar-refractivity contribution in [2.24, 2.45) is 0 Å². The molecule has 9 heteroatoms. The lowest BCUT2D eigenvalue weighted by Crippen LogP contribution is -2.49. The van der Waals surface area contributed by atoms with E-state index in [-0.39, 0.29) is 23.3 Å². The highest BCUT2D eigenvalue weighted by Crippen LogP contribution is 2.44. The van der Waals surface area contributed by atoms with E-state index in [2.05, 4.69) is 5.32 Å². The van der Waals surface area contributed by atoms with Crippen LogP contribution in [0.3, 0.4) is 0 Å². The van der Waals surface area contributed by atoms with E-state index in [0.717, 1.165) is 11.1 Å². The summed E-state index contributed by atoms with van der Waals surface area (Å²) in [5, 5.41) is 2.71. The number of halogens is 1. The Balaban J connectivity index is 1.51. The van der Waals surface area contributed by atoms with Crippen LogP contribution in [0.4, 0.5) is 4.39 Å². The molecule has 0 aromatic heterocycles. The molecule has 0 saturated carbocycles. The maximum absolute atomic E-state index is 14.3. The average molecular weight is 601 g/mol. The van der Waals surface area contributed by atoms with Crippen LogP contribution < -0.4 is 19.5 Å². The summed E-state index contributed by atoms with van der Waals surface area (Å²) in [6.07, 6.45) is 0.582. The number of hydrogen-bond donors (Lipinski definition) is 1. The van der Waals surface area contributed by atoms with Crippen LogP contribution >= 0.6 is 11.8 Å². The lowest BCUT2D eigenvalue weighted by atomic mass is 9.98. The minimum Gasteiger partial charge on any atom is -0.493 e. The van der Waals surface area contributed by atoms with Gasteiger partial charge in [-0.25, -0.2) is 4.39 Å². The van der Waals surface area contributed by atoms with Gasteiger partial charge in [-0.15, -0.1) is 11.8 Å². The summed E-state index contributed by atoms with van der Waals surface area (Å²) in [6, 6.07) is 27.8. The van der Waals surface area contributed by atoms with Crippen molar-refractivity contribution in [1.29, 1.82) is 0 Å². The van der Waals surface area contributed by atoms with Crippen LogP contribution in [0.1, 0.15) is 38.5 Å². The molecule has 7 nitrogen and oxygen atoms in total. The number of hydrogen-bond acceptors (Lipinski definition) is 6. The maximum atomic E-state index is 14.3. The van der Waals surface area contributed by atoms with Gasteiger partial charge in [0.2, 0.25) is 11.7 Å². The van der Waals surface area contributed by atoms with Crippen LogP contribution in [0.15, 0.2) is 97.1 Å². The number of nitrogens with one attached hydrogen (secondary N) is 1. The lowest BCUT2D eigenvalue weighted by Gasteiger charge is -2.31. The molecule has 1 saturated heterocycles. The summed E-state index contributed by atoms with van der Waals surface area (Å²) >= 11 is 1.46. The molecule has 1 fully saturated rings. The van der Waals surface area contributed by atoms with Crippen molar-refractivity contribution in [3.63, 3.8) is 0 Å². The minimum atomic E-state index is -0.798. The molecule has 222 valence electrons. The Hall–Kier alpha value is -4.50. The smallest absolute Gasteiger partial charge is 0.256 e. The molecule has 1 N–H and O–H groups in total. The Bertz CT molecular complexity index is 1530. The van der Waals surface area contributed by atoms with Gasteiger partial charge in [0.25, 0.3) is 5.91 Å². The molecule has 0 bridgehead atoms. The van der Waals surface area contributed by atoms with Gasteiger partial charge in [0.05, 0.1) is 27.4 Å². The van der Waals surface area contributed by atoms with Crippen molar-refractivity contribution in [2.45, 2.75) is 23.9 Å². The number of methoxy groups -OCH3 is 3. The van der Waals surface area contributed by atoms with Gasteiger partial charge in [-0.1, -0.05) is 72.8 Å². The fourth-order valence-electron chi connectivity index (χ4n) is 5.25. The summed E-state index contributed by atoms with van der Waals surface area (Å²) in [4.78, 5) is 30.0. The van der Waals surface area contributed by atoms with E-state index in [1.807, 2.05) is 60.7 Å². The zero-order valence-electron chi connectivity index (χ0n) is 24.2. The first-order chi connectivity index (χ1) is 20.9. The molecule has 2 amide bonds. The van der Waals surface area contributed by atoms with Crippen molar-refractivity contribution < 1.29 is 28.2 Å². The van der Waals surface area contributed by atoms with E-state index in [1.54, 1.807) is 29.2 Å². The Morgan fingerprint density at radius 2 is 1.49 bits per heavy atom. The van der Waals surface area contributed by atoms with Crippen molar-refractivity contribution >= 4 is 23.6 Å². The normalized spacial score (nSPS) is 16.8. The third-order valence-electron chi connectivity index (χ3n) is 7.41. The van der Waals surface area contributed by atoms with Crippen LogP contribution in [0.2, 0.25) is 0 Å². The molecule has 4 aromatic carbocycles. The summed E-state index contributed by atoms with van der Waals surface area (Å²) in [7, 11) is 4.44. The maximum Gasteiger partial charge on any atom is 0.256 e. The highest BCUT2D eigenvalue weighted by Gasteiger charge is 2.43. The summed E-state index contributed by atoms with van der Waals surface area (Å²) in [5.74, 6) is 0.313. The monoisotopic (exact) mass is 600 g/mol. The van der Waals surface area contributed by atoms with E-state index in [1.165, 1.54) is 45.2 Å². The fourth-order valence-corrected chi connectivity index (χ4v) is 6.68. The summed E-state index contributed by atoms with van der Waals surface area (Å²) in [6.45, 7) is 0. The summed E-state index contributed by atoms with van der Waals surface area (Å²) < 4.78 is 30.2. The first-order valence-electron chi connectivity index (χ1n) is 13.8. The second-order valence-electron chi connectivity index (χ2n) is 10.0. The predicted octanol–water partition coefficient (Wildman–Crippen LogP) is 6.21. The molecule has 1 aliphatic heterocycles. The van der Waals surface area contributed by atoms with Gasteiger partial charge in [-0.3, -0.25) is 9.59 Å². The molecule has 43 heavy (non-hydrogen) atoms. The van der Waals surface area contributed by atoms with E-state index < -0.39 is 17.3 Å². The molecule has 5 rings (SSSR count). The van der Waals surface area contributed by atoms with Crippen molar-refractivity contribution in [1.82, 2.24) is 10.2 Å². The Labute approximate surface area is 255 Å². The first-order valence-corrected chi connectivity index (χ1v) is 14.9. The molecule has 0 radical (unpaired) electrons. The number of rotatable bonds is 10. The van der Waals surface area contributed by atoms with E-state index in [4.69, 9.17) is 14.2 Å². The van der Waals surface area contributed by atoms with Crippen molar-refractivity contribution in [3.8, 4) is 17.2 Å². The Morgan fingerprint density at radius 3 is 2.07 bits per heavy atom. The topological polar surface area (TPSA) is 77.1 Å². The molecule has 1 heterocycles. The predicted molar refractivity (Wildman–Crippen MR) is 165 cm³/mol. The van der Waals surface area contributed by atoms with Gasteiger partial charge in [-0.2, -0.15) is 0 Å². The van der Waals surface area contributed by atoms with Gasteiger partial charge in [0, 0.05) is 11.3 Å². The number of benzene rings is 4. The average Bonchev–Trinajstić information content (AvgIpc) is 3.50. The molecule has 4 aromatic rings.